The van der Waals surface area contributed by atoms with E-state index in [0.29, 0.717) is 11.8 Å². The zero-order valence-corrected chi connectivity index (χ0v) is 14.4. The summed E-state index contributed by atoms with van der Waals surface area (Å²) < 4.78 is 10.7. The van der Waals surface area contributed by atoms with E-state index in [9.17, 15) is 0 Å². The van der Waals surface area contributed by atoms with Crippen molar-refractivity contribution in [3.63, 3.8) is 0 Å². The number of nitrogens with one attached hydrogen (secondary N) is 2. The van der Waals surface area contributed by atoms with Gasteiger partial charge in [-0.3, -0.25) is 0 Å². The Balaban J connectivity index is 1.80. The highest BCUT2D eigenvalue weighted by atomic mass is 16.5. The highest BCUT2D eigenvalue weighted by Gasteiger charge is 2.16. The van der Waals surface area contributed by atoms with Gasteiger partial charge in [0.05, 0.1) is 19.9 Å². The lowest BCUT2D eigenvalue weighted by atomic mass is 10.2. The fourth-order valence-electron chi connectivity index (χ4n) is 3.02. The molecule has 3 rings (SSSR count). The van der Waals surface area contributed by atoms with E-state index in [1.807, 2.05) is 31.2 Å². The molecule has 2 aromatic rings. The zero-order valence-electron chi connectivity index (χ0n) is 14.4. The minimum absolute atomic E-state index is 0.516. The average Bonchev–Trinajstić information content (AvgIpc) is 3.07. The number of aryl methyl sites for hydroxylation is 1. The number of hydrogen-bond donors (Lipinski definition) is 2. The van der Waals surface area contributed by atoms with Crippen molar-refractivity contribution in [3.05, 3.63) is 30.1 Å². The van der Waals surface area contributed by atoms with Crippen LogP contribution < -0.4 is 20.1 Å². The Bertz CT molecular complexity index is 699. The summed E-state index contributed by atoms with van der Waals surface area (Å²) in [6, 6.07) is 8.10. The molecule has 24 heavy (non-hydrogen) atoms. The third kappa shape index (κ3) is 3.88. The van der Waals surface area contributed by atoms with Gasteiger partial charge >= 0.3 is 0 Å². The molecule has 1 aliphatic rings. The van der Waals surface area contributed by atoms with Gasteiger partial charge in [0, 0.05) is 18.2 Å². The molecular formula is C18H24N4O2. The highest BCUT2D eigenvalue weighted by Crippen LogP contribution is 2.31. The Morgan fingerprint density at radius 3 is 2.46 bits per heavy atom. The van der Waals surface area contributed by atoms with Crippen LogP contribution in [0.15, 0.2) is 24.3 Å². The lowest BCUT2D eigenvalue weighted by Crippen LogP contribution is -2.16. The van der Waals surface area contributed by atoms with Crippen molar-refractivity contribution < 1.29 is 9.47 Å². The summed E-state index contributed by atoms with van der Waals surface area (Å²) in [7, 11) is 3.27. The third-order valence-corrected chi connectivity index (χ3v) is 4.22. The summed E-state index contributed by atoms with van der Waals surface area (Å²) >= 11 is 0. The zero-order chi connectivity index (χ0) is 16.9. The molecule has 0 radical (unpaired) electrons. The molecule has 1 aromatic heterocycles. The molecule has 0 unspecified atom stereocenters. The van der Waals surface area contributed by atoms with Gasteiger partial charge in [0.25, 0.3) is 0 Å². The van der Waals surface area contributed by atoms with E-state index in [1.54, 1.807) is 14.2 Å². The third-order valence-electron chi connectivity index (χ3n) is 4.22. The Hall–Kier alpha value is -2.50. The summed E-state index contributed by atoms with van der Waals surface area (Å²) in [5.41, 5.74) is 0.836. The van der Waals surface area contributed by atoms with E-state index in [2.05, 4.69) is 20.6 Å². The van der Waals surface area contributed by atoms with Crippen LogP contribution in [0.5, 0.6) is 11.5 Å². The summed E-state index contributed by atoms with van der Waals surface area (Å²) in [6.07, 6.45) is 4.99. The molecule has 0 aliphatic heterocycles. The SMILES string of the molecule is COc1ccc(Nc2cc(NC3CCCC3)nc(C)n2)c(OC)c1. The molecule has 1 fully saturated rings. The molecule has 6 nitrogen and oxygen atoms in total. The van der Waals surface area contributed by atoms with Gasteiger partial charge in [-0.1, -0.05) is 12.8 Å². The molecule has 1 heterocycles. The van der Waals surface area contributed by atoms with Crippen LogP contribution in [0.2, 0.25) is 0 Å². The summed E-state index contributed by atoms with van der Waals surface area (Å²) in [5.74, 6) is 3.79. The molecule has 0 amide bonds. The standard InChI is InChI=1S/C18H24N4O2/c1-12-19-17(21-13-6-4-5-7-13)11-18(20-12)22-15-9-8-14(23-2)10-16(15)24-3/h8-11,13H,4-7H2,1-3H3,(H2,19,20,21,22). The number of anilines is 3. The van der Waals surface area contributed by atoms with Crippen LogP contribution >= 0.6 is 0 Å². The second-order valence-electron chi connectivity index (χ2n) is 6.00. The van der Waals surface area contributed by atoms with Crippen LogP contribution in [0.25, 0.3) is 0 Å². The Morgan fingerprint density at radius 2 is 1.75 bits per heavy atom. The van der Waals surface area contributed by atoms with Gasteiger partial charge in [0.2, 0.25) is 0 Å². The first kappa shape index (κ1) is 16.4. The van der Waals surface area contributed by atoms with Crippen molar-refractivity contribution in [3.8, 4) is 11.5 Å². The molecule has 2 N–H and O–H groups in total. The molecule has 128 valence electrons. The Morgan fingerprint density at radius 1 is 1.00 bits per heavy atom. The van der Waals surface area contributed by atoms with Crippen LogP contribution in [0.3, 0.4) is 0 Å². The van der Waals surface area contributed by atoms with E-state index < -0.39 is 0 Å². The lowest BCUT2D eigenvalue weighted by molar-refractivity contribution is 0.395. The van der Waals surface area contributed by atoms with E-state index in [0.717, 1.165) is 28.9 Å². The maximum atomic E-state index is 5.43. The van der Waals surface area contributed by atoms with Crippen LogP contribution in [0.4, 0.5) is 17.3 Å². The normalized spacial score (nSPS) is 14.5. The van der Waals surface area contributed by atoms with Gasteiger partial charge in [0.1, 0.15) is 29.0 Å². The molecule has 6 heteroatoms. The number of ether oxygens (including phenoxy) is 2. The molecule has 0 saturated heterocycles. The monoisotopic (exact) mass is 328 g/mol. The average molecular weight is 328 g/mol. The van der Waals surface area contributed by atoms with Crippen LogP contribution in [0, 0.1) is 6.92 Å². The summed E-state index contributed by atoms with van der Waals surface area (Å²) in [4.78, 5) is 8.97. The number of benzene rings is 1. The molecule has 0 atom stereocenters. The van der Waals surface area contributed by atoms with Crippen molar-refractivity contribution >= 4 is 17.3 Å². The van der Waals surface area contributed by atoms with E-state index in [1.165, 1.54) is 25.7 Å². The number of nitrogens with zero attached hydrogens (tertiary/aromatic N) is 2. The Labute approximate surface area is 142 Å². The first-order chi connectivity index (χ1) is 11.7. The van der Waals surface area contributed by atoms with Crippen molar-refractivity contribution in [1.82, 2.24) is 9.97 Å². The number of rotatable bonds is 6. The van der Waals surface area contributed by atoms with E-state index in [-0.39, 0.29) is 0 Å². The van der Waals surface area contributed by atoms with E-state index in [4.69, 9.17) is 9.47 Å². The maximum Gasteiger partial charge on any atom is 0.146 e. The molecular weight excluding hydrogens is 304 g/mol. The van der Waals surface area contributed by atoms with Gasteiger partial charge in [-0.15, -0.1) is 0 Å². The van der Waals surface area contributed by atoms with Crippen LogP contribution in [0.1, 0.15) is 31.5 Å². The largest absolute Gasteiger partial charge is 0.497 e. The van der Waals surface area contributed by atoms with Gasteiger partial charge in [-0.05, 0) is 31.9 Å². The van der Waals surface area contributed by atoms with Gasteiger partial charge in [-0.2, -0.15) is 0 Å². The van der Waals surface area contributed by atoms with Crippen molar-refractivity contribution in [2.24, 2.45) is 0 Å². The maximum absolute atomic E-state index is 5.43. The second kappa shape index (κ2) is 7.38. The molecule has 1 saturated carbocycles. The van der Waals surface area contributed by atoms with Gasteiger partial charge in [0.15, 0.2) is 0 Å². The van der Waals surface area contributed by atoms with Gasteiger partial charge < -0.3 is 20.1 Å². The number of aromatic nitrogens is 2. The first-order valence-corrected chi connectivity index (χ1v) is 8.29. The van der Waals surface area contributed by atoms with E-state index >= 15 is 0 Å². The lowest BCUT2D eigenvalue weighted by Gasteiger charge is -2.15. The summed E-state index contributed by atoms with van der Waals surface area (Å²) in [6.45, 7) is 1.90. The molecule has 1 aliphatic carbocycles. The topological polar surface area (TPSA) is 68.3 Å². The molecule has 1 aromatic carbocycles. The molecule has 0 bridgehead atoms. The number of methoxy groups -OCH3 is 2. The minimum Gasteiger partial charge on any atom is -0.497 e. The first-order valence-electron chi connectivity index (χ1n) is 8.29. The van der Waals surface area contributed by atoms with Gasteiger partial charge in [-0.25, -0.2) is 9.97 Å². The minimum atomic E-state index is 0.516. The predicted molar refractivity (Wildman–Crippen MR) is 95.5 cm³/mol. The predicted octanol–water partition coefficient (Wildman–Crippen LogP) is 3.90. The summed E-state index contributed by atoms with van der Waals surface area (Å²) in [5, 5.41) is 6.82. The highest BCUT2D eigenvalue weighted by molar-refractivity contribution is 5.67. The van der Waals surface area contributed by atoms with Crippen LogP contribution in [-0.2, 0) is 0 Å². The fraction of sp³-hybridized carbons (Fsp3) is 0.444. The quantitative estimate of drug-likeness (QED) is 0.838. The van der Waals surface area contributed by atoms with Crippen molar-refractivity contribution in [2.75, 3.05) is 24.9 Å². The molecule has 0 spiro atoms. The second-order valence-corrected chi connectivity index (χ2v) is 6.00. The Kier molecular flexibility index (Phi) is 5.03. The van der Waals surface area contributed by atoms with Crippen molar-refractivity contribution in [1.29, 1.82) is 0 Å². The van der Waals surface area contributed by atoms with Crippen LogP contribution in [-0.4, -0.2) is 30.2 Å². The number of hydrogen-bond acceptors (Lipinski definition) is 6. The smallest absolute Gasteiger partial charge is 0.146 e. The fourth-order valence-corrected chi connectivity index (χ4v) is 3.02. The van der Waals surface area contributed by atoms with Crippen molar-refractivity contribution in [2.45, 2.75) is 38.6 Å².